The van der Waals surface area contributed by atoms with Crippen LogP contribution in [0.3, 0.4) is 0 Å². The van der Waals surface area contributed by atoms with Crippen molar-refractivity contribution < 1.29 is 19.4 Å². The summed E-state index contributed by atoms with van der Waals surface area (Å²) < 4.78 is 10.7. The number of rotatable bonds is 8. The molecule has 5 nitrogen and oxygen atoms in total. The number of terminal acetylenes is 1. The number of carbonyl (C=O) groups is 1. The largest absolute Gasteiger partial charge is 0.493 e. The van der Waals surface area contributed by atoms with E-state index in [1.54, 1.807) is 25.3 Å². The molecule has 0 fully saturated rings. The Morgan fingerprint density at radius 2 is 1.96 bits per heavy atom. The van der Waals surface area contributed by atoms with Crippen molar-refractivity contribution in [2.75, 3.05) is 20.3 Å². The molecular weight excluding hydrogens is 330 g/mol. The number of amides is 1. The lowest BCUT2D eigenvalue weighted by atomic mass is 10.1. The Labute approximate surface area is 154 Å². The maximum atomic E-state index is 12.1. The standard InChI is InChI=1S/C21H23NO4/c1-4-13-26-18-10-7-16(14-19(18)25-3)11-12-22-21(24)20(23)17-8-5-15(2)6-9-17/h1,5-10,14,20,23H,11-13H2,2-3H3,(H,22,24). The molecule has 0 radical (unpaired) electrons. The molecule has 136 valence electrons. The molecule has 2 rings (SSSR count). The highest BCUT2D eigenvalue weighted by Gasteiger charge is 2.16. The summed E-state index contributed by atoms with van der Waals surface area (Å²) in [6.07, 6.45) is 4.61. The van der Waals surface area contributed by atoms with Crippen molar-refractivity contribution in [3.8, 4) is 23.8 Å². The number of ether oxygens (including phenoxy) is 2. The van der Waals surface area contributed by atoms with Crippen molar-refractivity contribution in [1.29, 1.82) is 0 Å². The SMILES string of the molecule is C#CCOc1ccc(CCNC(=O)C(O)c2ccc(C)cc2)cc1OC. The maximum Gasteiger partial charge on any atom is 0.253 e. The number of methoxy groups -OCH3 is 1. The van der Waals surface area contributed by atoms with Crippen molar-refractivity contribution in [2.45, 2.75) is 19.4 Å². The highest BCUT2D eigenvalue weighted by atomic mass is 16.5. The Morgan fingerprint density at radius 1 is 1.23 bits per heavy atom. The Hall–Kier alpha value is -2.97. The normalized spacial score (nSPS) is 11.3. The molecule has 5 heteroatoms. The smallest absolute Gasteiger partial charge is 0.253 e. The van der Waals surface area contributed by atoms with E-state index in [4.69, 9.17) is 15.9 Å². The third-order valence-corrected chi connectivity index (χ3v) is 3.89. The number of benzene rings is 2. The summed E-state index contributed by atoms with van der Waals surface area (Å²) >= 11 is 0. The Bertz CT molecular complexity index is 778. The van der Waals surface area contributed by atoms with Gasteiger partial charge in [0, 0.05) is 6.54 Å². The summed E-state index contributed by atoms with van der Waals surface area (Å²) in [5.41, 5.74) is 2.62. The third-order valence-electron chi connectivity index (χ3n) is 3.89. The highest BCUT2D eigenvalue weighted by molar-refractivity contribution is 5.81. The average Bonchev–Trinajstić information content (AvgIpc) is 2.66. The van der Waals surface area contributed by atoms with Crippen LogP contribution in [-0.4, -0.2) is 31.3 Å². The van der Waals surface area contributed by atoms with E-state index in [9.17, 15) is 9.90 Å². The monoisotopic (exact) mass is 353 g/mol. The van der Waals surface area contributed by atoms with Crippen molar-refractivity contribution >= 4 is 5.91 Å². The molecule has 2 N–H and O–H groups in total. The van der Waals surface area contributed by atoms with E-state index >= 15 is 0 Å². The van der Waals surface area contributed by atoms with Gasteiger partial charge in [0.2, 0.25) is 0 Å². The molecule has 0 spiro atoms. The number of carbonyl (C=O) groups excluding carboxylic acids is 1. The van der Waals surface area contributed by atoms with Gasteiger partial charge >= 0.3 is 0 Å². The summed E-state index contributed by atoms with van der Waals surface area (Å²) in [5, 5.41) is 12.9. The quantitative estimate of drug-likeness (QED) is 0.715. The molecule has 0 aliphatic carbocycles. The molecule has 0 saturated heterocycles. The minimum Gasteiger partial charge on any atom is -0.493 e. The van der Waals surface area contributed by atoms with Gasteiger partial charge in [0.15, 0.2) is 17.6 Å². The second-order valence-electron chi connectivity index (χ2n) is 5.83. The lowest BCUT2D eigenvalue weighted by molar-refractivity contribution is -0.129. The number of aryl methyl sites for hydroxylation is 1. The summed E-state index contributed by atoms with van der Waals surface area (Å²) in [6, 6.07) is 12.7. The first kappa shape index (κ1) is 19.4. The van der Waals surface area contributed by atoms with Gasteiger partial charge in [-0.2, -0.15) is 0 Å². The fourth-order valence-electron chi connectivity index (χ4n) is 2.43. The molecule has 1 atom stereocenters. The topological polar surface area (TPSA) is 67.8 Å². The van der Waals surface area contributed by atoms with E-state index in [0.717, 1.165) is 11.1 Å². The fourth-order valence-corrected chi connectivity index (χ4v) is 2.43. The second-order valence-corrected chi connectivity index (χ2v) is 5.83. The first-order valence-corrected chi connectivity index (χ1v) is 8.30. The molecule has 0 bridgehead atoms. The molecule has 0 aliphatic heterocycles. The molecule has 2 aromatic rings. The Balaban J connectivity index is 1.89. The minimum atomic E-state index is -1.18. The minimum absolute atomic E-state index is 0.169. The van der Waals surface area contributed by atoms with Crippen LogP contribution in [-0.2, 0) is 11.2 Å². The summed E-state index contributed by atoms with van der Waals surface area (Å²) in [6.45, 7) is 2.52. The zero-order valence-electron chi connectivity index (χ0n) is 15.0. The summed E-state index contributed by atoms with van der Waals surface area (Å²) in [4.78, 5) is 12.1. The van der Waals surface area contributed by atoms with E-state index < -0.39 is 12.0 Å². The Kier molecular flexibility index (Phi) is 7.07. The molecule has 0 heterocycles. The molecular formula is C21H23NO4. The van der Waals surface area contributed by atoms with Crippen LogP contribution < -0.4 is 14.8 Å². The molecule has 2 aromatic carbocycles. The summed E-state index contributed by atoms with van der Waals surface area (Å²) in [7, 11) is 1.56. The van der Waals surface area contributed by atoms with E-state index in [1.807, 2.05) is 31.2 Å². The van der Waals surface area contributed by atoms with Crippen LogP contribution >= 0.6 is 0 Å². The molecule has 0 saturated carbocycles. The van der Waals surface area contributed by atoms with Gasteiger partial charge in [-0.05, 0) is 36.6 Å². The van der Waals surface area contributed by atoms with Gasteiger partial charge in [-0.3, -0.25) is 4.79 Å². The van der Waals surface area contributed by atoms with Gasteiger partial charge in [-0.15, -0.1) is 6.42 Å². The highest BCUT2D eigenvalue weighted by Crippen LogP contribution is 2.28. The number of hydrogen-bond acceptors (Lipinski definition) is 4. The van der Waals surface area contributed by atoms with Crippen molar-refractivity contribution in [3.63, 3.8) is 0 Å². The predicted octanol–water partition coefficient (Wildman–Crippen LogP) is 2.41. The van der Waals surface area contributed by atoms with Gasteiger partial charge in [0.25, 0.3) is 5.91 Å². The van der Waals surface area contributed by atoms with Gasteiger partial charge in [-0.25, -0.2) is 0 Å². The molecule has 1 unspecified atom stereocenters. The van der Waals surface area contributed by atoms with E-state index in [-0.39, 0.29) is 6.61 Å². The lowest BCUT2D eigenvalue weighted by Gasteiger charge is -2.13. The zero-order chi connectivity index (χ0) is 18.9. The van der Waals surface area contributed by atoms with Crippen LogP contribution in [0.1, 0.15) is 22.8 Å². The first-order valence-electron chi connectivity index (χ1n) is 8.30. The van der Waals surface area contributed by atoms with Crippen LogP contribution in [0.4, 0.5) is 0 Å². The van der Waals surface area contributed by atoms with E-state index in [2.05, 4.69) is 11.2 Å². The van der Waals surface area contributed by atoms with Crippen LogP contribution in [0.15, 0.2) is 42.5 Å². The number of nitrogens with one attached hydrogen (secondary N) is 1. The number of aliphatic hydroxyl groups excluding tert-OH is 1. The average molecular weight is 353 g/mol. The lowest BCUT2D eigenvalue weighted by Crippen LogP contribution is -2.30. The van der Waals surface area contributed by atoms with Crippen molar-refractivity contribution in [3.05, 3.63) is 59.2 Å². The molecule has 26 heavy (non-hydrogen) atoms. The van der Waals surface area contributed by atoms with Crippen LogP contribution in [0.25, 0.3) is 0 Å². The third kappa shape index (κ3) is 5.27. The molecule has 0 aliphatic rings. The maximum absolute atomic E-state index is 12.1. The van der Waals surface area contributed by atoms with Gasteiger partial charge in [0.05, 0.1) is 7.11 Å². The predicted molar refractivity (Wildman–Crippen MR) is 100 cm³/mol. The Morgan fingerprint density at radius 3 is 2.62 bits per heavy atom. The van der Waals surface area contributed by atoms with Gasteiger partial charge in [0.1, 0.15) is 6.61 Å². The van der Waals surface area contributed by atoms with Crippen LogP contribution in [0.5, 0.6) is 11.5 Å². The van der Waals surface area contributed by atoms with Gasteiger partial charge < -0.3 is 19.9 Å². The zero-order valence-corrected chi connectivity index (χ0v) is 15.0. The van der Waals surface area contributed by atoms with Gasteiger partial charge in [-0.1, -0.05) is 41.8 Å². The van der Waals surface area contributed by atoms with Crippen molar-refractivity contribution in [1.82, 2.24) is 5.32 Å². The first-order chi connectivity index (χ1) is 12.5. The fraction of sp³-hybridized carbons (Fsp3) is 0.286. The molecule has 0 aromatic heterocycles. The van der Waals surface area contributed by atoms with Crippen LogP contribution in [0, 0.1) is 19.3 Å². The van der Waals surface area contributed by atoms with E-state index in [0.29, 0.717) is 30.0 Å². The number of hydrogen-bond donors (Lipinski definition) is 2. The summed E-state index contributed by atoms with van der Waals surface area (Å²) in [5.74, 6) is 3.15. The second kappa shape index (κ2) is 9.50. The van der Waals surface area contributed by atoms with E-state index in [1.165, 1.54) is 0 Å². The number of aliphatic hydroxyl groups is 1. The molecule has 1 amide bonds. The van der Waals surface area contributed by atoms with Crippen molar-refractivity contribution in [2.24, 2.45) is 0 Å². The van der Waals surface area contributed by atoms with Crippen LogP contribution in [0.2, 0.25) is 0 Å².